The van der Waals surface area contributed by atoms with Gasteiger partial charge in [-0.25, -0.2) is 0 Å². The third-order valence-electron chi connectivity index (χ3n) is 3.48. The molecule has 2 aromatic rings. The monoisotopic (exact) mass is 312 g/mol. The number of carbonyl (C=O) groups excluding carboxylic acids is 1. The second-order valence-corrected chi connectivity index (χ2v) is 5.64. The number of nitrogens with one attached hydrogen (secondary N) is 2. The molecule has 0 aliphatic carbocycles. The van der Waals surface area contributed by atoms with E-state index in [2.05, 4.69) is 24.5 Å². The number of anilines is 2. The van der Waals surface area contributed by atoms with Crippen LogP contribution in [0.3, 0.4) is 0 Å². The van der Waals surface area contributed by atoms with Crippen molar-refractivity contribution in [3.8, 4) is 5.75 Å². The van der Waals surface area contributed by atoms with Crippen LogP contribution in [0.4, 0.5) is 11.4 Å². The quantitative estimate of drug-likeness (QED) is 0.803. The zero-order valence-corrected chi connectivity index (χ0v) is 13.9. The van der Waals surface area contributed by atoms with Crippen molar-refractivity contribution >= 4 is 17.3 Å². The lowest BCUT2D eigenvalue weighted by molar-refractivity contribution is -0.114. The summed E-state index contributed by atoms with van der Waals surface area (Å²) >= 11 is 0. The largest absolute Gasteiger partial charge is 0.494 e. The number of benzene rings is 2. The van der Waals surface area contributed by atoms with Crippen LogP contribution in [-0.4, -0.2) is 19.1 Å². The van der Waals surface area contributed by atoms with Gasteiger partial charge in [0.1, 0.15) is 5.75 Å². The maximum atomic E-state index is 12.0. The van der Waals surface area contributed by atoms with Gasteiger partial charge < -0.3 is 15.4 Å². The average molecular weight is 312 g/mol. The fraction of sp³-hybridized carbons (Fsp3) is 0.316. The van der Waals surface area contributed by atoms with Gasteiger partial charge in [0, 0.05) is 11.4 Å². The van der Waals surface area contributed by atoms with Crippen molar-refractivity contribution in [2.75, 3.05) is 23.8 Å². The summed E-state index contributed by atoms with van der Waals surface area (Å²) in [4.78, 5) is 12.0. The second-order valence-electron chi connectivity index (χ2n) is 5.64. The van der Waals surface area contributed by atoms with E-state index < -0.39 is 0 Å². The van der Waals surface area contributed by atoms with Crippen LogP contribution in [0.25, 0.3) is 0 Å². The highest BCUT2D eigenvalue weighted by molar-refractivity contribution is 5.93. The van der Waals surface area contributed by atoms with Crippen LogP contribution in [0.15, 0.2) is 48.5 Å². The SMILES string of the molecule is CCOc1ccc(NCC(=O)Nc2ccc(C(C)C)cc2)cc1. The Morgan fingerprint density at radius 1 is 1.00 bits per heavy atom. The van der Waals surface area contributed by atoms with Gasteiger partial charge in [-0.3, -0.25) is 4.79 Å². The number of carbonyl (C=O) groups is 1. The number of hydrogen-bond acceptors (Lipinski definition) is 3. The van der Waals surface area contributed by atoms with E-state index in [1.807, 2.05) is 55.5 Å². The van der Waals surface area contributed by atoms with E-state index in [1.165, 1.54) is 5.56 Å². The summed E-state index contributed by atoms with van der Waals surface area (Å²) in [5.41, 5.74) is 2.96. The van der Waals surface area contributed by atoms with Crippen molar-refractivity contribution in [1.29, 1.82) is 0 Å². The van der Waals surface area contributed by atoms with Gasteiger partial charge >= 0.3 is 0 Å². The molecule has 4 heteroatoms. The molecule has 0 heterocycles. The Bertz CT molecular complexity index is 619. The lowest BCUT2D eigenvalue weighted by atomic mass is 10.0. The van der Waals surface area contributed by atoms with Crippen molar-refractivity contribution in [1.82, 2.24) is 0 Å². The van der Waals surface area contributed by atoms with E-state index >= 15 is 0 Å². The number of ether oxygens (including phenoxy) is 1. The molecule has 1 amide bonds. The molecule has 0 saturated heterocycles. The highest BCUT2D eigenvalue weighted by Gasteiger charge is 2.04. The summed E-state index contributed by atoms with van der Waals surface area (Å²) in [5.74, 6) is 1.24. The van der Waals surface area contributed by atoms with E-state index in [-0.39, 0.29) is 12.5 Å². The van der Waals surface area contributed by atoms with Crippen molar-refractivity contribution in [2.24, 2.45) is 0 Å². The Kier molecular flexibility index (Phi) is 6.03. The molecule has 0 fully saturated rings. The molecular formula is C19H24N2O2. The van der Waals surface area contributed by atoms with Crippen LogP contribution in [-0.2, 0) is 4.79 Å². The predicted molar refractivity (Wildman–Crippen MR) is 95.3 cm³/mol. The van der Waals surface area contributed by atoms with Crippen LogP contribution in [0, 0.1) is 0 Å². The minimum atomic E-state index is -0.0730. The normalized spacial score (nSPS) is 10.4. The first-order chi connectivity index (χ1) is 11.1. The summed E-state index contributed by atoms with van der Waals surface area (Å²) < 4.78 is 5.38. The van der Waals surface area contributed by atoms with E-state index in [0.29, 0.717) is 12.5 Å². The zero-order valence-electron chi connectivity index (χ0n) is 13.9. The molecule has 0 aliphatic heterocycles. The Morgan fingerprint density at radius 2 is 1.61 bits per heavy atom. The number of rotatable bonds is 7. The molecule has 122 valence electrons. The summed E-state index contributed by atoms with van der Waals surface area (Å²) in [5, 5.41) is 5.98. The van der Waals surface area contributed by atoms with Gasteiger partial charge in [-0.1, -0.05) is 26.0 Å². The lowest BCUT2D eigenvalue weighted by Crippen LogP contribution is -2.21. The van der Waals surface area contributed by atoms with Gasteiger partial charge in [-0.2, -0.15) is 0 Å². The molecule has 4 nitrogen and oxygen atoms in total. The molecule has 2 N–H and O–H groups in total. The molecule has 2 aromatic carbocycles. The van der Waals surface area contributed by atoms with Gasteiger partial charge in [0.05, 0.1) is 13.2 Å². The van der Waals surface area contributed by atoms with Crippen LogP contribution in [0.2, 0.25) is 0 Å². The Morgan fingerprint density at radius 3 is 2.17 bits per heavy atom. The molecule has 0 saturated carbocycles. The molecular weight excluding hydrogens is 288 g/mol. The van der Waals surface area contributed by atoms with Crippen molar-refractivity contribution in [3.05, 3.63) is 54.1 Å². The predicted octanol–water partition coefficient (Wildman–Crippen LogP) is 4.26. The molecule has 0 aliphatic rings. The van der Waals surface area contributed by atoms with Gasteiger partial charge in [-0.05, 0) is 54.8 Å². The van der Waals surface area contributed by atoms with Crippen LogP contribution < -0.4 is 15.4 Å². The first-order valence-electron chi connectivity index (χ1n) is 7.95. The molecule has 23 heavy (non-hydrogen) atoms. The van der Waals surface area contributed by atoms with Gasteiger partial charge in [0.25, 0.3) is 0 Å². The summed E-state index contributed by atoms with van der Waals surface area (Å²) in [6.45, 7) is 7.11. The van der Waals surface area contributed by atoms with Gasteiger partial charge in [0.15, 0.2) is 0 Å². The minimum Gasteiger partial charge on any atom is -0.494 e. The third kappa shape index (κ3) is 5.33. The van der Waals surface area contributed by atoms with E-state index in [9.17, 15) is 4.79 Å². The van der Waals surface area contributed by atoms with Crippen molar-refractivity contribution < 1.29 is 9.53 Å². The first kappa shape index (κ1) is 16.9. The maximum absolute atomic E-state index is 12.0. The lowest BCUT2D eigenvalue weighted by Gasteiger charge is -2.10. The Balaban J connectivity index is 1.82. The average Bonchev–Trinajstić information content (AvgIpc) is 2.55. The first-order valence-corrected chi connectivity index (χ1v) is 7.95. The summed E-state index contributed by atoms with van der Waals surface area (Å²) in [7, 11) is 0. The highest BCUT2D eigenvalue weighted by atomic mass is 16.5. The summed E-state index contributed by atoms with van der Waals surface area (Å²) in [6, 6.07) is 15.5. The maximum Gasteiger partial charge on any atom is 0.243 e. The molecule has 0 spiro atoms. The second kappa shape index (κ2) is 8.22. The van der Waals surface area contributed by atoms with Crippen LogP contribution >= 0.6 is 0 Å². The fourth-order valence-corrected chi connectivity index (χ4v) is 2.17. The Hall–Kier alpha value is -2.49. The third-order valence-corrected chi connectivity index (χ3v) is 3.48. The van der Waals surface area contributed by atoms with Crippen molar-refractivity contribution in [3.63, 3.8) is 0 Å². The molecule has 0 aromatic heterocycles. The summed E-state index contributed by atoms with van der Waals surface area (Å²) in [6.07, 6.45) is 0. The van der Waals surface area contributed by atoms with E-state index in [1.54, 1.807) is 0 Å². The number of hydrogen-bond donors (Lipinski definition) is 2. The molecule has 0 bridgehead atoms. The standard InChI is InChI=1S/C19H24N2O2/c1-4-23-18-11-9-16(10-12-18)20-13-19(22)21-17-7-5-15(6-8-17)14(2)3/h5-12,14,20H,4,13H2,1-3H3,(H,21,22). The molecule has 0 atom stereocenters. The minimum absolute atomic E-state index is 0.0730. The van der Waals surface area contributed by atoms with Gasteiger partial charge in [-0.15, -0.1) is 0 Å². The Labute approximate surface area is 137 Å². The molecule has 2 rings (SSSR count). The zero-order chi connectivity index (χ0) is 16.7. The topological polar surface area (TPSA) is 50.4 Å². The van der Waals surface area contributed by atoms with Gasteiger partial charge in [0.2, 0.25) is 5.91 Å². The highest BCUT2D eigenvalue weighted by Crippen LogP contribution is 2.17. The number of amides is 1. The van der Waals surface area contributed by atoms with Crippen molar-refractivity contribution in [2.45, 2.75) is 26.7 Å². The molecule has 0 radical (unpaired) electrons. The van der Waals surface area contributed by atoms with Crippen LogP contribution in [0.5, 0.6) is 5.75 Å². The molecule has 0 unspecified atom stereocenters. The van der Waals surface area contributed by atoms with E-state index in [4.69, 9.17) is 4.74 Å². The van der Waals surface area contributed by atoms with Crippen LogP contribution in [0.1, 0.15) is 32.3 Å². The fourth-order valence-electron chi connectivity index (χ4n) is 2.17. The smallest absolute Gasteiger partial charge is 0.243 e. The van der Waals surface area contributed by atoms with E-state index in [0.717, 1.165) is 17.1 Å².